The second-order valence-electron chi connectivity index (χ2n) is 2.25. The molecule has 0 aliphatic carbocycles. The zero-order valence-electron chi connectivity index (χ0n) is 7.01. The molecule has 0 fully saturated rings. The quantitative estimate of drug-likeness (QED) is 0.345. The highest BCUT2D eigenvalue weighted by atomic mass is 16.5. The maximum atomic E-state index is 10.6. The number of rotatable bonds is 5. The van der Waals surface area contributed by atoms with Gasteiger partial charge < -0.3 is 4.74 Å². The molecule has 2 heteroatoms. The van der Waals surface area contributed by atoms with Gasteiger partial charge >= 0.3 is 5.97 Å². The molecular weight excluding hydrogens is 140 g/mol. The molecule has 0 aromatic rings. The molecule has 0 aromatic carbocycles. The molecule has 0 aliphatic rings. The molecule has 0 amide bonds. The van der Waals surface area contributed by atoms with E-state index in [2.05, 4.69) is 11.7 Å². The molecule has 2 nitrogen and oxygen atoms in total. The largest absolute Gasteiger partial charge is 0.469 e. The standard InChI is InChI=1S/C9H15O2/c1-3-4-5-6-7-8-9(10)11-2/h6-7H,1,3-5,8H2,2H3/b7-6+. The van der Waals surface area contributed by atoms with Crippen molar-refractivity contribution in [3.05, 3.63) is 19.1 Å². The van der Waals surface area contributed by atoms with E-state index < -0.39 is 0 Å². The lowest BCUT2D eigenvalue weighted by atomic mass is 10.2. The van der Waals surface area contributed by atoms with Gasteiger partial charge in [0.25, 0.3) is 0 Å². The van der Waals surface area contributed by atoms with Crippen molar-refractivity contribution in [1.82, 2.24) is 0 Å². The monoisotopic (exact) mass is 155 g/mol. The zero-order valence-corrected chi connectivity index (χ0v) is 7.01. The topological polar surface area (TPSA) is 26.3 Å². The number of esters is 1. The van der Waals surface area contributed by atoms with E-state index in [1.54, 1.807) is 0 Å². The van der Waals surface area contributed by atoms with E-state index in [4.69, 9.17) is 0 Å². The van der Waals surface area contributed by atoms with Crippen LogP contribution in [0.2, 0.25) is 0 Å². The Bertz CT molecular complexity index is 128. The van der Waals surface area contributed by atoms with Gasteiger partial charge in [-0.1, -0.05) is 25.5 Å². The molecule has 0 saturated carbocycles. The van der Waals surface area contributed by atoms with Crippen LogP contribution < -0.4 is 0 Å². The average molecular weight is 155 g/mol. The molecule has 0 rings (SSSR count). The highest BCUT2D eigenvalue weighted by Gasteiger charge is 1.92. The molecule has 0 unspecified atom stereocenters. The van der Waals surface area contributed by atoms with Crippen LogP contribution in [0.15, 0.2) is 12.2 Å². The predicted molar refractivity (Wildman–Crippen MR) is 45.0 cm³/mol. The van der Waals surface area contributed by atoms with Gasteiger partial charge in [-0.2, -0.15) is 0 Å². The van der Waals surface area contributed by atoms with Gasteiger partial charge in [0.1, 0.15) is 0 Å². The number of unbranched alkanes of at least 4 members (excludes halogenated alkanes) is 2. The van der Waals surface area contributed by atoms with Crippen molar-refractivity contribution in [1.29, 1.82) is 0 Å². The molecule has 0 saturated heterocycles. The molecule has 0 N–H and O–H groups in total. The van der Waals surface area contributed by atoms with E-state index in [1.165, 1.54) is 7.11 Å². The Balaban J connectivity index is 3.22. The van der Waals surface area contributed by atoms with Crippen molar-refractivity contribution < 1.29 is 9.53 Å². The number of methoxy groups -OCH3 is 1. The van der Waals surface area contributed by atoms with E-state index in [0.717, 1.165) is 19.3 Å². The Morgan fingerprint density at radius 2 is 2.27 bits per heavy atom. The molecular formula is C9H15O2. The summed E-state index contributed by atoms with van der Waals surface area (Å²) in [5, 5.41) is 0. The Morgan fingerprint density at radius 3 is 2.82 bits per heavy atom. The summed E-state index contributed by atoms with van der Waals surface area (Å²) in [5.74, 6) is -0.184. The first-order chi connectivity index (χ1) is 5.31. The lowest BCUT2D eigenvalue weighted by molar-refractivity contribution is -0.139. The third-order valence-electron chi connectivity index (χ3n) is 1.30. The van der Waals surface area contributed by atoms with Crippen molar-refractivity contribution >= 4 is 5.97 Å². The van der Waals surface area contributed by atoms with E-state index in [-0.39, 0.29) is 5.97 Å². The Kier molecular flexibility index (Phi) is 6.79. The van der Waals surface area contributed by atoms with E-state index in [0.29, 0.717) is 6.42 Å². The normalized spacial score (nSPS) is 10.4. The second-order valence-corrected chi connectivity index (χ2v) is 2.25. The van der Waals surface area contributed by atoms with Gasteiger partial charge in [-0.25, -0.2) is 0 Å². The summed E-state index contributed by atoms with van der Waals surface area (Å²) in [6, 6.07) is 0. The Labute approximate surface area is 68.2 Å². The number of ether oxygens (including phenoxy) is 1. The minimum Gasteiger partial charge on any atom is -0.469 e. The summed E-state index contributed by atoms with van der Waals surface area (Å²) >= 11 is 0. The van der Waals surface area contributed by atoms with Gasteiger partial charge in [0.05, 0.1) is 13.5 Å². The number of carbonyl (C=O) groups excluding carboxylic acids is 1. The summed E-state index contributed by atoms with van der Waals surface area (Å²) in [4.78, 5) is 10.6. The molecule has 0 aliphatic heterocycles. The zero-order chi connectivity index (χ0) is 8.53. The first kappa shape index (κ1) is 10.2. The lowest BCUT2D eigenvalue weighted by Gasteiger charge is -1.91. The summed E-state index contributed by atoms with van der Waals surface area (Å²) in [7, 11) is 1.39. The fraction of sp³-hybridized carbons (Fsp3) is 0.556. The van der Waals surface area contributed by atoms with Crippen LogP contribution in [-0.4, -0.2) is 13.1 Å². The molecule has 0 spiro atoms. The van der Waals surface area contributed by atoms with Crippen molar-refractivity contribution in [3.8, 4) is 0 Å². The third kappa shape index (κ3) is 7.10. The van der Waals surface area contributed by atoms with Crippen LogP contribution in [0.1, 0.15) is 25.7 Å². The molecule has 0 bridgehead atoms. The maximum absolute atomic E-state index is 10.6. The lowest BCUT2D eigenvalue weighted by Crippen LogP contribution is -1.96. The van der Waals surface area contributed by atoms with Gasteiger partial charge in [-0.15, -0.1) is 0 Å². The fourth-order valence-corrected chi connectivity index (χ4v) is 0.643. The van der Waals surface area contributed by atoms with Crippen molar-refractivity contribution in [2.45, 2.75) is 25.7 Å². The second kappa shape index (κ2) is 7.32. The smallest absolute Gasteiger partial charge is 0.309 e. The van der Waals surface area contributed by atoms with Crippen molar-refractivity contribution in [3.63, 3.8) is 0 Å². The molecule has 11 heavy (non-hydrogen) atoms. The van der Waals surface area contributed by atoms with Gasteiger partial charge in [0.2, 0.25) is 0 Å². The highest BCUT2D eigenvalue weighted by molar-refractivity contribution is 5.70. The fourth-order valence-electron chi connectivity index (χ4n) is 0.643. The first-order valence-electron chi connectivity index (χ1n) is 3.82. The van der Waals surface area contributed by atoms with Crippen LogP contribution >= 0.6 is 0 Å². The van der Waals surface area contributed by atoms with Gasteiger partial charge in [0, 0.05) is 0 Å². The van der Waals surface area contributed by atoms with E-state index in [1.807, 2.05) is 12.2 Å². The highest BCUT2D eigenvalue weighted by Crippen LogP contribution is 1.96. The Hall–Kier alpha value is -0.790. The average Bonchev–Trinajstić information content (AvgIpc) is 2.04. The van der Waals surface area contributed by atoms with E-state index >= 15 is 0 Å². The van der Waals surface area contributed by atoms with Crippen LogP contribution in [0.25, 0.3) is 0 Å². The van der Waals surface area contributed by atoms with E-state index in [9.17, 15) is 4.79 Å². The summed E-state index contributed by atoms with van der Waals surface area (Å²) in [6.07, 6.45) is 7.23. The van der Waals surface area contributed by atoms with Crippen molar-refractivity contribution in [2.24, 2.45) is 0 Å². The summed E-state index contributed by atoms with van der Waals surface area (Å²) in [5.41, 5.74) is 0. The molecule has 0 aromatic heterocycles. The van der Waals surface area contributed by atoms with Crippen LogP contribution in [-0.2, 0) is 9.53 Å². The van der Waals surface area contributed by atoms with Gasteiger partial charge in [0.15, 0.2) is 0 Å². The summed E-state index contributed by atoms with van der Waals surface area (Å²) < 4.78 is 4.45. The van der Waals surface area contributed by atoms with Crippen molar-refractivity contribution in [2.75, 3.05) is 7.11 Å². The number of allylic oxidation sites excluding steroid dienone is 1. The molecule has 0 heterocycles. The van der Waals surface area contributed by atoms with Gasteiger partial charge in [-0.3, -0.25) is 4.79 Å². The predicted octanol–water partition coefficient (Wildman–Crippen LogP) is 2.11. The molecule has 0 atom stereocenters. The minimum absolute atomic E-state index is 0.184. The van der Waals surface area contributed by atoms with Gasteiger partial charge in [-0.05, 0) is 12.8 Å². The first-order valence-corrected chi connectivity index (χ1v) is 3.82. The van der Waals surface area contributed by atoms with Crippen LogP contribution in [0, 0.1) is 6.92 Å². The number of hydrogen-bond acceptors (Lipinski definition) is 2. The third-order valence-corrected chi connectivity index (χ3v) is 1.30. The molecule has 1 radical (unpaired) electrons. The SMILES string of the molecule is [CH2]CCC/C=C/CC(=O)OC. The summed E-state index contributed by atoms with van der Waals surface area (Å²) in [6.45, 7) is 3.71. The Morgan fingerprint density at radius 1 is 1.55 bits per heavy atom. The van der Waals surface area contributed by atoms with Crippen LogP contribution in [0.4, 0.5) is 0 Å². The van der Waals surface area contributed by atoms with Crippen LogP contribution in [0.5, 0.6) is 0 Å². The number of carbonyl (C=O) groups is 1. The molecule has 63 valence electrons. The maximum Gasteiger partial charge on any atom is 0.309 e. The number of hydrogen-bond donors (Lipinski definition) is 0. The van der Waals surface area contributed by atoms with Crippen LogP contribution in [0.3, 0.4) is 0 Å². The minimum atomic E-state index is -0.184.